The molecular formula is C15H20N2S. The number of nitrogens with one attached hydrogen (secondary N) is 1. The largest absolute Gasteiger partial charge is 0.312 e. The molecule has 2 nitrogen and oxygen atoms in total. The molecule has 18 heavy (non-hydrogen) atoms. The molecule has 0 aliphatic carbocycles. The molecule has 0 aliphatic rings. The van der Waals surface area contributed by atoms with Gasteiger partial charge in [0.05, 0.1) is 11.2 Å². The van der Waals surface area contributed by atoms with Gasteiger partial charge in [-0.2, -0.15) is 0 Å². The second-order valence-corrected chi connectivity index (χ2v) is 5.35. The maximum absolute atomic E-state index is 4.27. The van der Waals surface area contributed by atoms with Gasteiger partial charge in [-0.1, -0.05) is 31.2 Å². The van der Waals surface area contributed by atoms with Crippen LogP contribution in [0.1, 0.15) is 28.6 Å². The van der Waals surface area contributed by atoms with Crippen LogP contribution in [0.15, 0.2) is 29.8 Å². The van der Waals surface area contributed by atoms with E-state index in [1.54, 1.807) is 11.3 Å². The van der Waals surface area contributed by atoms with Gasteiger partial charge in [0, 0.05) is 18.0 Å². The van der Waals surface area contributed by atoms with E-state index in [-0.39, 0.29) is 0 Å². The van der Waals surface area contributed by atoms with Gasteiger partial charge in [0.15, 0.2) is 0 Å². The van der Waals surface area contributed by atoms with Gasteiger partial charge in [-0.15, -0.1) is 11.3 Å². The first-order valence-electron chi connectivity index (χ1n) is 6.47. The lowest BCUT2D eigenvalue weighted by molar-refractivity contribution is 0.684. The number of benzene rings is 1. The lowest BCUT2D eigenvalue weighted by atomic mass is 10.1. The summed E-state index contributed by atoms with van der Waals surface area (Å²) in [5, 5.41) is 3.52. The number of hydrogen-bond donors (Lipinski definition) is 1. The number of thiazole rings is 1. The van der Waals surface area contributed by atoms with Crippen LogP contribution in [0.2, 0.25) is 0 Å². The van der Waals surface area contributed by atoms with Gasteiger partial charge < -0.3 is 5.32 Å². The molecule has 0 amide bonds. The van der Waals surface area contributed by atoms with Gasteiger partial charge >= 0.3 is 0 Å². The molecule has 1 N–H and O–H groups in total. The molecule has 0 fully saturated rings. The molecule has 0 unspecified atom stereocenters. The zero-order valence-electron chi connectivity index (χ0n) is 11.1. The Labute approximate surface area is 113 Å². The van der Waals surface area contributed by atoms with Crippen LogP contribution >= 0.6 is 11.3 Å². The van der Waals surface area contributed by atoms with E-state index in [0.717, 1.165) is 25.9 Å². The van der Waals surface area contributed by atoms with E-state index in [9.17, 15) is 0 Å². The number of rotatable bonds is 6. The van der Waals surface area contributed by atoms with E-state index in [1.807, 2.05) is 5.51 Å². The average molecular weight is 260 g/mol. The molecule has 0 atom stereocenters. The highest BCUT2D eigenvalue weighted by Gasteiger charge is 2.02. The zero-order chi connectivity index (χ0) is 12.8. The quantitative estimate of drug-likeness (QED) is 0.806. The summed E-state index contributed by atoms with van der Waals surface area (Å²) in [4.78, 5) is 5.67. The fraction of sp³-hybridized carbons (Fsp3) is 0.400. The number of aromatic nitrogens is 1. The second kappa shape index (κ2) is 6.66. The molecular weight excluding hydrogens is 240 g/mol. The van der Waals surface area contributed by atoms with E-state index in [2.05, 4.69) is 48.4 Å². The first-order chi connectivity index (χ1) is 8.81. The van der Waals surface area contributed by atoms with Gasteiger partial charge in [-0.25, -0.2) is 4.98 Å². The van der Waals surface area contributed by atoms with Crippen molar-refractivity contribution in [2.45, 2.75) is 33.2 Å². The molecule has 0 aliphatic heterocycles. The van der Waals surface area contributed by atoms with Crippen LogP contribution in [0.5, 0.6) is 0 Å². The third-order valence-electron chi connectivity index (χ3n) is 3.19. The number of hydrogen-bond acceptors (Lipinski definition) is 3. The zero-order valence-corrected chi connectivity index (χ0v) is 11.9. The Morgan fingerprint density at radius 2 is 2.00 bits per heavy atom. The Morgan fingerprint density at radius 3 is 2.67 bits per heavy atom. The normalized spacial score (nSPS) is 10.8. The van der Waals surface area contributed by atoms with Crippen molar-refractivity contribution in [3.63, 3.8) is 0 Å². The number of nitrogens with zero attached hydrogens (tertiary/aromatic N) is 1. The van der Waals surface area contributed by atoms with Crippen LogP contribution in [-0.4, -0.2) is 11.5 Å². The molecule has 0 saturated carbocycles. The van der Waals surface area contributed by atoms with Gasteiger partial charge in [0.25, 0.3) is 0 Å². The molecule has 1 aromatic carbocycles. The summed E-state index contributed by atoms with van der Waals surface area (Å²) in [6, 6.07) is 8.65. The summed E-state index contributed by atoms with van der Waals surface area (Å²) in [7, 11) is 0. The lowest BCUT2D eigenvalue weighted by Gasteiger charge is -2.08. The standard InChI is InChI=1S/C15H20N2S/c1-3-13-6-4-5-7-14(13)10-16-9-8-15-12(2)17-11-18-15/h4-7,11,16H,3,8-10H2,1-2H3. The van der Waals surface area contributed by atoms with Crippen molar-refractivity contribution in [3.8, 4) is 0 Å². The first kappa shape index (κ1) is 13.2. The van der Waals surface area contributed by atoms with E-state index in [4.69, 9.17) is 0 Å². The van der Waals surface area contributed by atoms with Crippen LogP contribution in [0.3, 0.4) is 0 Å². The van der Waals surface area contributed by atoms with Gasteiger partial charge in [0.2, 0.25) is 0 Å². The summed E-state index contributed by atoms with van der Waals surface area (Å²) in [6.45, 7) is 6.26. The molecule has 0 bridgehead atoms. The van der Waals surface area contributed by atoms with E-state index in [1.165, 1.54) is 21.7 Å². The summed E-state index contributed by atoms with van der Waals surface area (Å²) in [5.41, 5.74) is 5.97. The summed E-state index contributed by atoms with van der Waals surface area (Å²) in [5.74, 6) is 0. The Balaban J connectivity index is 1.80. The summed E-state index contributed by atoms with van der Waals surface area (Å²) in [6.07, 6.45) is 2.18. The minimum atomic E-state index is 0.960. The molecule has 0 saturated heterocycles. The third-order valence-corrected chi connectivity index (χ3v) is 4.18. The van der Waals surface area contributed by atoms with E-state index < -0.39 is 0 Å². The van der Waals surface area contributed by atoms with Crippen molar-refractivity contribution in [1.29, 1.82) is 0 Å². The van der Waals surface area contributed by atoms with Gasteiger partial charge in [-0.05, 0) is 30.9 Å². The maximum atomic E-state index is 4.27. The third kappa shape index (κ3) is 3.40. The van der Waals surface area contributed by atoms with Crippen molar-refractivity contribution in [3.05, 3.63) is 51.5 Å². The molecule has 0 radical (unpaired) electrons. The Morgan fingerprint density at radius 1 is 1.22 bits per heavy atom. The molecule has 3 heteroatoms. The maximum Gasteiger partial charge on any atom is 0.0797 e. The van der Waals surface area contributed by atoms with Crippen LogP contribution in [0.4, 0.5) is 0 Å². The molecule has 96 valence electrons. The Kier molecular flexibility index (Phi) is 4.90. The first-order valence-corrected chi connectivity index (χ1v) is 7.35. The predicted molar refractivity (Wildman–Crippen MR) is 78.1 cm³/mol. The highest BCUT2D eigenvalue weighted by molar-refractivity contribution is 7.09. The van der Waals surface area contributed by atoms with Crippen LogP contribution in [0, 0.1) is 6.92 Å². The van der Waals surface area contributed by atoms with Crippen LogP contribution in [0.25, 0.3) is 0 Å². The van der Waals surface area contributed by atoms with Crippen molar-refractivity contribution >= 4 is 11.3 Å². The smallest absolute Gasteiger partial charge is 0.0797 e. The highest BCUT2D eigenvalue weighted by Crippen LogP contribution is 2.12. The molecule has 2 aromatic rings. The highest BCUT2D eigenvalue weighted by atomic mass is 32.1. The van der Waals surface area contributed by atoms with Crippen molar-refractivity contribution in [2.24, 2.45) is 0 Å². The minimum Gasteiger partial charge on any atom is -0.312 e. The van der Waals surface area contributed by atoms with Crippen molar-refractivity contribution in [1.82, 2.24) is 10.3 Å². The van der Waals surface area contributed by atoms with E-state index >= 15 is 0 Å². The van der Waals surface area contributed by atoms with Crippen LogP contribution < -0.4 is 5.32 Å². The Hall–Kier alpha value is -1.19. The SMILES string of the molecule is CCc1ccccc1CNCCc1scnc1C. The molecule has 2 rings (SSSR count). The fourth-order valence-corrected chi connectivity index (χ4v) is 2.85. The minimum absolute atomic E-state index is 0.960. The molecule has 0 spiro atoms. The van der Waals surface area contributed by atoms with Gasteiger partial charge in [0.1, 0.15) is 0 Å². The van der Waals surface area contributed by atoms with Crippen LogP contribution in [-0.2, 0) is 19.4 Å². The monoisotopic (exact) mass is 260 g/mol. The lowest BCUT2D eigenvalue weighted by Crippen LogP contribution is -2.17. The Bertz CT molecular complexity index is 491. The van der Waals surface area contributed by atoms with E-state index in [0.29, 0.717) is 0 Å². The number of aryl methyl sites for hydroxylation is 2. The topological polar surface area (TPSA) is 24.9 Å². The predicted octanol–water partition coefficient (Wildman–Crippen LogP) is 3.35. The summed E-state index contributed by atoms with van der Waals surface area (Å²) >= 11 is 1.75. The molecule has 1 aromatic heterocycles. The molecule has 1 heterocycles. The van der Waals surface area contributed by atoms with Crippen molar-refractivity contribution in [2.75, 3.05) is 6.54 Å². The van der Waals surface area contributed by atoms with Gasteiger partial charge in [-0.3, -0.25) is 0 Å². The second-order valence-electron chi connectivity index (χ2n) is 4.41. The summed E-state index contributed by atoms with van der Waals surface area (Å²) < 4.78 is 0. The fourth-order valence-electron chi connectivity index (χ4n) is 2.07. The average Bonchev–Trinajstić information content (AvgIpc) is 2.81. The van der Waals surface area contributed by atoms with Crippen molar-refractivity contribution < 1.29 is 0 Å².